The fourth-order valence-electron chi connectivity index (χ4n) is 2.80. The van der Waals surface area contributed by atoms with Gasteiger partial charge in [0.2, 0.25) is 0 Å². The van der Waals surface area contributed by atoms with E-state index in [4.69, 9.17) is 0 Å². The average Bonchev–Trinajstić information content (AvgIpc) is 2.67. The highest BCUT2D eigenvalue weighted by molar-refractivity contribution is 7.99. The van der Waals surface area contributed by atoms with Crippen molar-refractivity contribution < 1.29 is 14.0 Å². The van der Waals surface area contributed by atoms with Crippen LogP contribution in [-0.4, -0.2) is 30.7 Å². The van der Waals surface area contributed by atoms with Crippen LogP contribution in [0.15, 0.2) is 47.4 Å². The topological polar surface area (TPSA) is 49.4 Å². The lowest BCUT2D eigenvalue weighted by Gasteiger charge is -2.29. The molecule has 1 N–H and O–H groups in total. The first-order chi connectivity index (χ1) is 12.6. The molecule has 0 atom stereocenters. The molecule has 26 heavy (non-hydrogen) atoms. The molecular weight excluding hydrogens is 351 g/mol. The number of nitrogens with zero attached hydrogens (tertiary/aromatic N) is 1. The summed E-state index contributed by atoms with van der Waals surface area (Å²) in [5.74, 6) is 0.0883. The summed E-state index contributed by atoms with van der Waals surface area (Å²) in [6.45, 7) is 3.26. The Hall–Kier alpha value is -2.34. The van der Waals surface area contributed by atoms with Gasteiger partial charge in [0, 0.05) is 34.9 Å². The zero-order valence-electron chi connectivity index (χ0n) is 14.6. The third-order valence-electron chi connectivity index (χ3n) is 4.24. The first kappa shape index (κ1) is 18.5. The number of nitrogens with one attached hydrogen (secondary N) is 1. The predicted octanol–water partition coefficient (Wildman–Crippen LogP) is 4.11. The number of thioether (sulfide) groups is 1. The van der Waals surface area contributed by atoms with Crippen molar-refractivity contribution in [3.8, 4) is 0 Å². The molecule has 0 saturated heterocycles. The largest absolute Gasteiger partial charge is 0.352 e. The Bertz CT molecular complexity index is 808. The first-order valence-electron chi connectivity index (χ1n) is 8.72. The monoisotopic (exact) mass is 372 g/mol. The van der Waals surface area contributed by atoms with Gasteiger partial charge in [-0.25, -0.2) is 4.39 Å². The number of rotatable bonds is 5. The molecule has 0 bridgehead atoms. The number of amides is 2. The van der Waals surface area contributed by atoms with E-state index in [2.05, 4.69) is 12.2 Å². The van der Waals surface area contributed by atoms with Crippen LogP contribution in [0.4, 0.5) is 10.1 Å². The highest BCUT2D eigenvalue weighted by atomic mass is 32.2. The Labute approximate surface area is 156 Å². The summed E-state index contributed by atoms with van der Waals surface area (Å²) < 4.78 is 13.1. The van der Waals surface area contributed by atoms with Gasteiger partial charge >= 0.3 is 0 Å². The molecule has 0 saturated carbocycles. The van der Waals surface area contributed by atoms with E-state index in [1.54, 1.807) is 28.8 Å². The number of unbranched alkanes of at least 4 members (excludes halogenated alkanes) is 1. The Morgan fingerprint density at radius 1 is 1.15 bits per heavy atom. The van der Waals surface area contributed by atoms with Crippen molar-refractivity contribution in [3.05, 3.63) is 59.4 Å². The minimum atomic E-state index is -0.373. The van der Waals surface area contributed by atoms with E-state index in [-0.39, 0.29) is 17.6 Å². The second-order valence-electron chi connectivity index (χ2n) is 6.10. The average molecular weight is 372 g/mol. The van der Waals surface area contributed by atoms with Gasteiger partial charge in [0.25, 0.3) is 11.8 Å². The second-order valence-corrected chi connectivity index (χ2v) is 7.24. The summed E-state index contributed by atoms with van der Waals surface area (Å²) in [6, 6.07) is 11.0. The summed E-state index contributed by atoms with van der Waals surface area (Å²) >= 11 is 1.66. The van der Waals surface area contributed by atoms with Gasteiger partial charge in [-0.2, -0.15) is 0 Å². The minimum Gasteiger partial charge on any atom is -0.352 e. The van der Waals surface area contributed by atoms with E-state index >= 15 is 0 Å². The zero-order chi connectivity index (χ0) is 18.5. The van der Waals surface area contributed by atoms with E-state index < -0.39 is 0 Å². The zero-order valence-corrected chi connectivity index (χ0v) is 15.4. The Morgan fingerprint density at radius 3 is 2.62 bits per heavy atom. The molecule has 136 valence electrons. The summed E-state index contributed by atoms with van der Waals surface area (Å²) in [5, 5.41) is 2.90. The van der Waals surface area contributed by atoms with E-state index in [1.165, 1.54) is 24.3 Å². The Kier molecular flexibility index (Phi) is 5.93. The normalized spacial score (nSPS) is 13.2. The van der Waals surface area contributed by atoms with Crippen molar-refractivity contribution in [1.82, 2.24) is 5.32 Å². The second kappa shape index (κ2) is 8.36. The summed E-state index contributed by atoms with van der Waals surface area (Å²) in [4.78, 5) is 27.8. The molecule has 2 aromatic rings. The fraction of sp³-hybridized carbons (Fsp3) is 0.300. The van der Waals surface area contributed by atoms with Crippen LogP contribution in [0, 0.1) is 5.82 Å². The molecule has 6 heteroatoms. The van der Waals surface area contributed by atoms with Gasteiger partial charge < -0.3 is 10.2 Å². The molecule has 1 aliphatic rings. The number of anilines is 1. The lowest BCUT2D eigenvalue weighted by molar-refractivity contribution is 0.0949. The molecular formula is C20H21FN2O2S. The third-order valence-corrected chi connectivity index (χ3v) is 5.28. The SMILES string of the molecule is CCCCNC(=O)c1ccc2c(c1)N(C(=O)c1ccc(F)cc1)CCS2. The third kappa shape index (κ3) is 4.07. The molecule has 2 amide bonds. The number of benzene rings is 2. The maximum Gasteiger partial charge on any atom is 0.258 e. The summed E-state index contributed by atoms with van der Waals surface area (Å²) in [7, 11) is 0. The van der Waals surface area contributed by atoms with E-state index in [0.29, 0.717) is 24.2 Å². The van der Waals surface area contributed by atoms with Crippen LogP contribution in [0.2, 0.25) is 0 Å². The first-order valence-corrected chi connectivity index (χ1v) is 9.71. The number of halogens is 1. The number of carbonyl (C=O) groups is 2. The van der Waals surface area contributed by atoms with Gasteiger partial charge in [-0.15, -0.1) is 11.8 Å². The molecule has 1 aliphatic heterocycles. The smallest absolute Gasteiger partial charge is 0.258 e. The van der Waals surface area contributed by atoms with Gasteiger partial charge in [-0.1, -0.05) is 13.3 Å². The lowest BCUT2D eigenvalue weighted by atomic mass is 10.1. The molecule has 0 aromatic heterocycles. The number of hydrogen-bond acceptors (Lipinski definition) is 3. The molecule has 4 nitrogen and oxygen atoms in total. The van der Waals surface area contributed by atoms with E-state index in [9.17, 15) is 14.0 Å². The molecule has 0 unspecified atom stereocenters. The van der Waals surface area contributed by atoms with Gasteiger partial charge in [0.05, 0.1) is 5.69 Å². The van der Waals surface area contributed by atoms with Gasteiger partial charge in [-0.3, -0.25) is 9.59 Å². The molecule has 0 fully saturated rings. The quantitative estimate of drug-likeness (QED) is 0.804. The molecule has 0 radical (unpaired) electrons. The van der Waals surface area contributed by atoms with Crippen LogP contribution < -0.4 is 10.2 Å². The van der Waals surface area contributed by atoms with Crippen LogP contribution in [0.3, 0.4) is 0 Å². The highest BCUT2D eigenvalue weighted by Gasteiger charge is 2.25. The van der Waals surface area contributed by atoms with Crippen LogP contribution in [0.5, 0.6) is 0 Å². The van der Waals surface area contributed by atoms with Crippen molar-refractivity contribution in [2.75, 3.05) is 23.7 Å². The van der Waals surface area contributed by atoms with Crippen LogP contribution >= 0.6 is 11.8 Å². The van der Waals surface area contributed by atoms with Crippen molar-refractivity contribution in [2.24, 2.45) is 0 Å². The predicted molar refractivity (Wildman–Crippen MR) is 102 cm³/mol. The van der Waals surface area contributed by atoms with Gasteiger partial charge in [0.15, 0.2) is 0 Å². The van der Waals surface area contributed by atoms with E-state index in [1.807, 2.05) is 6.07 Å². The van der Waals surface area contributed by atoms with Crippen LogP contribution in [0.1, 0.15) is 40.5 Å². The number of fused-ring (bicyclic) bond motifs is 1. The summed E-state index contributed by atoms with van der Waals surface area (Å²) in [5.41, 5.74) is 1.71. The molecule has 2 aromatic carbocycles. The standard InChI is InChI=1S/C20H21FN2O2S/c1-2-3-10-22-19(24)15-6-9-18-17(13-15)23(11-12-26-18)20(25)14-4-7-16(21)8-5-14/h4-9,13H,2-3,10-12H2,1H3,(H,22,24). The van der Waals surface area contributed by atoms with Crippen molar-refractivity contribution in [1.29, 1.82) is 0 Å². The van der Waals surface area contributed by atoms with Crippen LogP contribution in [0.25, 0.3) is 0 Å². The summed E-state index contributed by atoms with van der Waals surface area (Å²) in [6.07, 6.45) is 1.95. The number of hydrogen-bond donors (Lipinski definition) is 1. The van der Waals surface area contributed by atoms with Gasteiger partial charge in [-0.05, 0) is 48.9 Å². The molecule has 3 rings (SSSR count). The van der Waals surface area contributed by atoms with E-state index in [0.717, 1.165) is 29.2 Å². The molecule has 1 heterocycles. The van der Waals surface area contributed by atoms with Gasteiger partial charge in [0.1, 0.15) is 5.82 Å². The fourth-order valence-corrected chi connectivity index (χ4v) is 3.77. The Morgan fingerprint density at radius 2 is 1.88 bits per heavy atom. The maximum absolute atomic E-state index is 13.1. The lowest BCUT2D eigenvalue weighted by Crippen LogP contribution is -2.35. The van der Waals surface area contributed by atoms with Crippen LogP contribution in [-0.2, 0) is 0 Å². The molecule has 0 aliphatic carbocycles. The Balaban J connectivity index is 1.85. The van der Waals surface area contributed by atoms with Crippen molar-refractivity contribution in [3.63, 3.8) is 0 Å². The highest BCUT2D eigenvalue weighted by Crippen LogP contribution is 2.36. The molecule has 0 spiro atoms. The van der Waals surface area contributed by atoms with Crippen molar-refractivity contribution in [2.45, 2.75) is 24.7 Å². The van der Waals surface area contributed by atoms with Crippen molar-refractivity contribution >= 4 is 29.3 Å². The number of carbonyl (C=O) groups excluding carboxylic acids is 2. The maximum atomic E-state index is 13.1. The minimum absolute atomic E-state index is 0.133.